The molecule has 21 heavy (non-hydrogen) atoms. The van der Waals surface area contributed by atoms with Crippen molar-refractivity contribution in [2.75, 3.05) is 0 Å². The molecule has 0 radical (unpaired) electrons. The zero-order chi connectivity index (χ0) is 15.6. The predicted molar refractivity (Wildman–Crippen MR) is 83.7 cm³/mol. The second-order valence-electron chi connectivity index (χ2n) is 6.49. The van der Waals surface area contributed by atoms with Crippen molar-refractivity contribution >= 4 is 23.2 Å². The number of nitrogens with one attached hydrogen (secondary N) is 1. The van der Waals surface area contributed by atoms with Crippen molar-refractivity contribution in [1.82, 2.24) is 5.32 Å². The Morgan fingerprint density at radius 3 is 2.57 bits per heavy atom. The van der Waals surface area contributed by atoms with Crippen LogP contribution in [0.3, 0.4) is 0 Å². The summed E-state index contributed by atoms with van der Waals surface area (Å²) in [6.07, 6.45) is 4.51. The zero-order valence-electron chi connectivity index (χ0n) is 13.1. The van der Waals surface area contributed by atoms with Gasteiger partial charge < -0.3 is 10.1 Å². The summed E-state index contributed by atoms with van der Waals surface area (Å²) in [7, 11) is 0. The molecular weight excluding hydrogens is 286 g/mol. The Bertz CT molecular complexity index is 519. The van der Waals surface area contributed by atoms with E-state index >= 15 is 0 Å². The number of ether oxygens (including phenoxy) is 1. The van der Waals surface area contributed by atoms with E-state index in [1.54, 1.807) is 18.3 Å². The molecule has 0 spiro atoms. The highest BCUT2D eigenvalue weighted by Gasteiger charge is 2.24. The van der Waals surface area contributed by atoms with E-state index in [9.17, 15) is 9.59 Å². The molecule has 0 bridgehead atoms. The maximum absolute atomic E-state index is 12.2. The van der Waals surface area contributed by atoms with Gasteiger partial charge in [-0.05, 0) is 65.0 Å². The van der Waals surface area contributed by atoms with Crippen LogP contribution in [0.2, 0.25) is 0 Å². The molecule has 4 nitrogen and oxygen atoms in total. The fraction of sp³-hybridized carbons (Fsp3) is 0.625. The summed E-state index contributed by atoms with van der Waals surface area (Å²) in [5, 5.41) is 2.72. The number of esters is 1. The maximum Gasteiger partial charge on any atom is 0.328 e. The zero-order valence-corrected chi connectivity index (χ0v) is 13.9. The second-order valence-corrected chi connectivity index (χ2v) is 7.63. The minimum atomic E-state index is -0.643. The minimum absolute atomic E-state index is 0.187. The molecule has 0 aromatic carbocycles. The lowest BCUT2D eigenvalue weighted by Crippen LogP contribution is -2.42. The maximum atomic E-state index is 12.2. The molecule has 1 heterocycles. The SMILES string of the molecule is C[C@H](NC(=O)c1cc2c(s1)CCCC2)C(=O)OC(C)(C)C. The first kappa shape index (κ1) is 16.0. The molecule has 2 rings (SSSR count). The van der Waals surface area contributed by atoms with Gasteiger partial charge >= 0.3 is 5.97 Å². The van der Waals surface area contributed by atoms with E-state index < -0.39 is 17.6 Å². The van der Waals surface area contributed by atoms with Crippen molar-refractivity contribution in [3.05, 3.63) is 21.4 Å². The number of fused-ring (bicyclic) bond motifs is 1. The van der Waals surface area contributed by atoms with Gasteiger partial charge in [-0.25, -0.2) is 4.79 Å². The Balaban J connectivity index is 1.97. The number of aryl methyl sites for hydroxylation is 2. The molecule has 1 atom stereocenters. The van der Waals surface area contributed by atoms with Gasteiger partial charge in [0, 0.05) is 4.88 Å². The third-order valence-corrected chi connectivity index (χ3v) is 4.56. The van der Waals surface area contributed by atoms with Gasteiger partial charge in [0.1, 0.15) is 11.6 Å². The molecule has 1 aromatic heterocycles. The lowest BCUT2D eigenvalue weighted by Gasteiger charge is -2.22. The van der Waals surface area contributed by atoms with E-state index in [-0.39, 0.29) is 5.91 Å². The molecule has 0 saturated carbocycles. The van der Waals surface area contributed by atoms with Crippen molar-refractivity contribution in [3.8, 4) is 0 Å². The van der Waals surface area contributed by atoms with Crippen LogP contribution in [0, 0.1) is 0 Å². The number of hydrogen-bond acceptors (Lipinski definition) is 4. The molecule has 1 N–H and O–H groups in total. The monoisotopic (exact) mass is 309 g/mol. The van der Waals surface area contributed by atoms with Crippen molar-refractivity contribution < 1.29 is 14.3 Å². The average Bonchev–Trinajstić information content (AvgIpc) is 2.80. The summed E-state index contributed by atoms with van der Waals surface area (Å²) < 4.78 is 5.27. The highest BCUT2D eigenvalue weighted by molar-refractivity contribution is 7.14. The highest BCUT2D eigenvalue weighted by Crippen LogP contribution is 2.29. The van der Waals surface area contributed by atoms with Gasteiger partial charge in [-0.3, -0.25) is 4.79 Å². The van der Waals surface area contributed by atoms with E-state index in [4.69, 9.17) is 4.74 Å². The third kappa shape index (κ3) is 4.30. The Kier molecular flexibility index (Phi) is 4.71. The molecule has 5 heteroatoms. The van der Waals surface area contributed by atoms with Crippen molar-refractivity contribution in [2.24, 2.45) is 0 Å². The average molecular weight is 309 g/mol. The van der Waals surface area contributed by atoms with Crippen LogP contribution in [0.25, 0.3) is 0 Å². The van der Waals surface area contributed by atoms with Crippen LogP contribution >= 0.6 is 11.3 Å². The van der Waals surface area contributed by atoms with Gasteiger partial charge in [0.15, 0.2) is 0 Å². The molecule has 1 amide bonds. The fourth-order valence-corrected chi connectivity index (χ4v) is 3.48. The van der Waals surface area contributed by atoms with Crippen molar-refractivity contribution in [3.63, 3.8) is 0 Å². The van der Waals surface area contributed by atoms with E-state index in [2.05, 4.69) is 5.32 Å². The lowest BCUT2D eigenvalue weighted by molar-refractivity contribution is -0.156. The van der Waals surface area contributed by atoms with Crippen LogP contribution in [0.15, 0.2) is 6.07 Å². The van der Waals surface area contributed by atoms with Gasteiger partial charge in [-0.15, -0.1) is 11.3 Å². The number of rotatable bonds is 3. The van der Waals surface area contributed by atoms with Crippen LogP contribution in [-0.2, 0) is 22.4 Å². The first-order valence-electron chi connectivity index (χ1n) is 7.41. The molecule has 0 unspecified atom stereocenters. The fourth-order valence-electron chi connectivity index (χ4n) is 2.32. The minimum Gasteiger partial charge on any atom is -0.458 e. The van der Waals surface area contributed by atoms with Crippen LogP contribution in [0.4, 0.5) is 0 Å². The van der Waals surface area contributed by atoms with Crippen molar-refractivity contribution in [1.29, 1.82) is 0 Å². The molecule has 0 fully saturated rings. The Hall–Kier alpha value is -1.36. The molecule has 0 aliphatic heterocycles. The summed E-state index contributed by atoms with van der Waals surface area (Å²) in [6.45, 7) is 7.09. The van der Waals surface area contributed by atoms with Gasteiger partial charge in [0.2, 0.25) is 0 Å². The topological polar surface area (TPSA) is 55.4 Å². The summed E-state index contributed by atoms with van der Waals surface area (Å²) >= 11 is 1.55. The largest absolute Gasteiger partial charge is 0.458 e. The van der Waals surface area contributed by atoms with E-state index in [1.165, 1.54) is 23.3 Å². The first-order chi connectivity index (χ1) is 9.76. The van der Waals surface area contributed by atoms with Crippen LogP contribution in [0.1, 0.15) is 60.6 Å². The Morgan fingerprint density at radius 2 is 1.95 bits per heavy atom. The molecule has 0 saturated heterocycles. The van der Waals surface area contributed by atoms with Gasteiger partial charge in [0.05, 0.1) is 4.88 Å². The van der Waals surface area contributed by atoms with E-state index in [1.807, 2.05) is 26.8 Å². The Labute approximate surface area is 129 Å². The normalized spacial score (nSPS) is 16.0. The molecule has 1 aliphatic rings. The summed E-state index contributed by atoms with van der Waals surface area (Å²) in [5.74, 6) is -0.593. The summed E-state index contributed by atoms with van der Waals surface area (Å²) in [4.78, 5) is 26.1. The van der Waals surface area contributed by atoms with Crippen molar-refractivity contribution in [2.45, 2.75) is 65.0 Å². The molecular formula is C16H23NO3S. The number of amides is 1. The number of carbonyl (C=O) groups excluding carboxylic acids is 2. The number of thiophene rings is 1. The van der Waals surface area contributed by atoms with Gasteiger partial charge in [-0.2, -0.15) is 0 Å². The second kappa shape index (κ2) is 6.18. The predicted octanol–water partition coefficient (Wildman–Crippen LogP) is 3.09. The number of hydrogen-bond donors (Lipinski definition) is 1. The quantitative estimate of drug-likeness (QED) is 0.873. The highest BCUT2D eigenvalue weighted by atomic mass is 32.1. The Morgan fingerprint density at radius 1 is 1.29 bits per heavy atom. The van der Waals surface area contributed by atoms with Gasteiger partial charge in [-0.1, -0.05) is 0 Å². The van der Waals surface area contributed by atoms with E-state index in [0.29, 0.717) is 4.88 Å². The van der Waals surface area contributed by atoms with E-state index in [0.717, 1.165) is 12.8 Å². The lowest BCUT2D eigenvalue weighted by atomic mass is 9.99. The first-order valence-corrected chi connectivity index (χ1v) is 8.23. The number of carbonyl (C=O) groups is 2. The molecule has 1 aromatic rings. The van der Waals surface area contributed by atoms with Crippen LogP contribution < -0.4 is 5.32 Å². The third-order valence-electron chi connectivity index (χ3n) is 3.33. The summed E-state index contributed by atoms with van der Waals surface area (Å²) in [6, 6.07) is 1.33. The summed E-state index contributed by atoms with van der Waals surface area (Å²) in [5.41, 5.74) is 0.749. The van der Waals surface area contributed by atoms with Crippen LogP contribution in [-0.4, -0.2) is 23.5 Å². The molecule has 116 valence electrons. The smallest absolute Gasteiger partial charge is 0.328 e. The standard InChI is InChI=1S/C16H23NO3S/c1-10(15(19)20-16(2,3)4)17-14(18)13-9-11-7-5-6-8-12(11)21-13/h9-10H,5-8H2,1-4H3,(H,17,18)/t10-/m0/s1. The van der Waals surface area contributed by atoms with Gasteiger partial charge in [0.25, 0.3) is 5.91 Å². The van der Waals surface area contributed by atoms with Crippen LogP contribution in [0.5, 0.6) is 0 Å². The molecule has 1 aliphatic carbocycles.